The number of H-pyrrole nitrogens is 1. The van der Waals surface area contributed by atoms with Gasteiger partial charge < -0.3 is 20.3 Å². The highest BCUT2D eigenvalue weighted by atomic mass is 79.9. The quantitative estimate of drug-likeness (QED) is 0.649. The zero-order chi connectivity index (χ0) is 20.4. The van der Waals surface area contributed by atoms with Crippen LogP contribution >= 0.6 is 15.9 Å². The molecule has 2 heterocycles. The zero-order valence-electron chi connectivity index (χ0n) is 15.5. The number of Topliss-reactive ketones (excluding diaryl/α,β-unsaturated/α-hetero) is 1. The lowest BCUT2D eigenvalue weighted by molar-refractivity contribution is -0.136. The zero-order valence-corrected chi connectivity index (χ0v) is 17.1. The lowest BCUT2D eigenvalue weighted by Gasteiger charge is -2.29. The fourth-order valence-electron chi connectivity index (χ4n) is 3.27. The molecule has 8 nitrogen and oxygen atoms in total. The minimum absolute atomic E-state index is 0.0532. The molecule has 2 aromatic rings. The molecule has 0 spiro atoms. The molecule has 148 valence electrons. The van der Waals surface area contributed by atoms with Gasteiger partial charge in [0.15, 0.2) is 5.78 Å². The van der Waals surface area contributed by atoms with Gasteiger partial charge in [-0.05, 0) is 23.6 Å². The second kappa shape index (κ2) is 8.14. The Morgan fingerprint density at radius 2 is 2.00 bits per heavy atom. The molecule has 1 aromatic carbocycles. The molecule has 3 N–H and O–H groups in total. The van der Waals surface area contributed by atoms with Crippen LogP contribution in [0.15, 0.2) is 34.9 Å². The summed E-state index contributed by atoms with van der Waals surface area (Å²) >= 11 is 3.39. The average Bonchev–Trinajstić information content (AvgIpc) is 3.26. The maximum absolute atomic E-state index is 13.0. The van der Waals surface area contributed by atoms with Crippen molar-refractivity contribution in [1.82, 2.24) is 20.2 Å². The Hall–Kier alpha value is -2.68. The first-order valence-electron chi connectivity index (χ1n) is 8.88. The van der Waals surface area contributed by atoms with Gasteiger partial charge in [-0.2, -0.15) is 0 Å². The number of carboxylic acid groups (broad SMARTS) is 1. The van der Waals surface area contributed by atoms with Crippen LogP contribution < -0.4 is 5.32 Å². The van der Waals surface area contributed by atoms with Crippen molar-refractivity contribution >= 4 is 33.7 Å². The second-order valence-electron chi connectivity index (χ2n) is 7.08. The van der Waals surface area contributed by atoms with Gasteiger partial charge in [-0.1, -0.05) is 41.9 Å². The molecule has 1 saturated heterocycles. The van der Waals surface area contributed by atoms with Gasteiger partial charge in [0.05, 0.1) is 24.5 Å². The van der Waals surface area contributed by atoms with Gasteiger partial charge in [0.2, 0.25) is 5.91 Å². The van der Waals surface area contributed by atoms with E-state index in [1.54, 1.807) is 20.0 Å². The molecule has 0 radical (unpaired) electrons. The van der Waals surface area contributed by atoms with Gasteiger partial charge in [-0.3, -0.25) is 9.59 Å². The van der Waals surface area contributed by atoms with E-state index in [0.29, 0.717) is 5.82 Å². The first-order chi connectivity index (χ1) is 13.3. The van der Waals surface area contributed by atoms with E-state index in [4.69, 9.17) is 5.11 Å². The minimum Gasteiger partial charge on any atom is -0.465 e. The van der Waals surface area contributed by atoms with Crippen LogP contribution in [0.3, 0.4) is 0 Å². The third-order valence-corrected chi connectivity index (χ3v) is 5.23. The van der Waals surface area contributed by atoms with E-state index in [-0.39, 0.29) is 24.7 Å². The maximum atomic E-state index is 13.0. The molecule has 0 saturated carbocycles. The number of carbonyl (C=O) groups is 3. The van der Waals surface area contributed by atoms with Crippen LogP contribution in [0.25, 0.3) is 11.3 Å². The third kappa shape index (κ3) is 4.24. The number of rotatable bonds is 5. The summed E-state index contributed by atoms with van der Waals surface area (Å²) in [5.74, 6) is -0.252. The van der Waals surface area contributed by atoms with E-state index in [1.165, 1.54) is 4.90 Å². The number of carbonyl (C=O) groups excluding carboxylic acids is 2. The van der Waals surface area contributed by atoms with E-state index in [1.807, 2.05) is 24.3 Å². The minimum atomic E-state index is -1.27. The van der Waals surface area contributed by atoms with Gasteiger partial charge in [-0.25, -0.2) is 9.78 Å². The Morgan fingerprint density at radius 3 is 2.61 bits per heavy atom. The topological polar surface area (TPSA) is 115 Å². The Labute approximate surface area is 170 Å². The van der Waals surface area contributed by atoms with Crippen molar-refractivity contribution < 1.29 is 19.5 Å². The van der Waals surface area contributed by atoms with Crippen molar-refractivity contribution in [2.45, 2.75) is 32.4 Å². The van der Waals surface area contributed by atoms with Crippen LogP contribution in [0, 0.1) is 5.92 Å². The Morgan fingerprint density at radius 1 is 1.32 bits per heavy atom. The fraction of sp³-hybridized carbons (Fsp3) is 0.368. The molecule has 1 aliphatic heterocycles. The highest BCUT2D eigenvalue weighted by Gasteiger charge is 2.40. The monoisotopic (exact) mass is 448 g/mol. The summed E-state index contributed by atoms with van der Waals surface area (Å²) in [7, 11) is 0. The predicted molar refractivity (Wildman–Crippen MR) is 106 cm³/mol. The SMILES string of the molecule is CC(C)C(NC(=O)O)C(=O)N1CC(=O)CC1c1ncc(-c2ccc(Br)cc2)[nH]1. The summed E-state index contributed by atoms with van der Waals surface area (Å²) in [6.07, 6.45) is 0.542. The van der Waals surface area contributed by atoms with Crippen molar-refractivity contribution in [3.05, 3.63) is 40.8 Å². The summed E-state index contributed by atoms with van der Waals surface area (Å²) in [5, 5.41) is 11.3. The molecule has 1 aliphatic rings. The molecule has 9 heteroatoms. The Kier molecular flexibility index (Phi) is 5.83. The number of aromatic amines is 1. The van der Waals surface area contributed by atoms with E-state index in [0.717, 1.165) is 15.7 Å². The van der Waals surface area contributed by atoms with Crippen LogP contribution in [0.4, 0.5) is 4.79 Å². The molecular formula is C19H21BrN4O4. The normalized spacial score (nSPS) is 17.8. The molecule has 0 bridgehead atoms. The molecule has 28 heavy (non-hydrogen) atoms. The average molecular weight is 449 g/mol. The lowest BCUT2D eigenvalue weighted by atomic mass is 10.0. The van der Waals surface area contributed by atoms with Crippen molar-refractivity contribution in [2.24, 2.45) is 5.92 Å². The number of halogens is 1. The van der Waals surface area contributed by atoms with Crippen LogP contribution in [0.1, 0.15) is 32.1 Å². The van der Waals surface area contributed by atoms with Gasteiger partial charge in [0.1, 0.15) is 11.9 Å². The van der Waals surface area contributed by atoms with Crippen LogP contribution in [0.5, 0.6) is 0 Å². The van der Waals surface area contributed by atoms with Crippen molar-refractivity contribution in [3.8, 4) is 11.3 Å². The number of likely N-dealkylation sites (tertiary alicyclic amines) is 1. The summed E-state index contributed by atoms with van der Waals surface area (Å²) in [6.45, 7) is 3.45. The molecule has 3 rings (SSSR count). The Bertz CT molecular complexity index is 894. The van der Waals surface area contributed by atoms with E-state index in [9.17, 15) is 14.4 Å². The van der Waals surface area contributed by atoms with Crippen LogP contribution in [-0.2, 0) is 9.59 Å². The molecular weight excluding hydrogens is 428 g/mol. The summed E-state index contributed by atoms with van der Waals surface area (Å²) in [5.41, 5.74) is 1.70. The smallest absolute Gasteiger partial charge is 0.405 e. The van der Waals surface area contributed by atoms with E-state index in [2.05, 4.69) is 31.2 Å². The standard InChI is InChI=1S/C19H21BrN4O4/c1-10(2)16(23-19(27)28)18(26)24-9-13(25)7-15(24)17-21-8-14(22-17)11-3-5-12(20)6-4-11/h3-6,8,10,15-16,23H,7,9H2,1-2H3,(H,21,22)(H,27,28). The molecule has 0 aliphatic carbocycles. The van der Waals surface area contributed by atoms with E-state index < -0.39 is 24.1 Å². The number of nitrogens with one attached hydrogen (secondary N) is 2. The Balaban J connectivity index is 1.86. The summed E-state index contributed by atoms with van der Waals surface area (Å²) < 4.78 is 0.958. The summed E-state index contributed by atoms with van der Waals surface area (Å²) in [6, 6.07) is 6.21. The number of hydrogen-bond acceptors (Lipinski definition) is 4. The molecule has 2 unspecified atom stereocenters. The van der Waals surface area contributed by atoms with Crippen molar-refractivity contribution in [2.75, 3.05) is 6.54 Å². The molecule has 1 aromatic heterocycles. The maximum Gasteiger partial charge on any atom is 0.405 e. The largest absolute Gasteiger partial charge is 0.465 e. The van der Waals surface area contributed by atoms with Crippen molar-refractivity contribution in [1.29, 1.82) is 0 Å². The summed E-state index contributed by atoms with van der Waals surface area (Å²) in [4.78, 5) is 45.1. The number of ketones is 1. The van der Waals surface area contributed by atoms with Gasteiger partial charge in [0.25, 0.3) is 0 Å². The first-order valence-corrected chi connectivity index (χ1v) is 9.68. The van der Waals surface area contributed by atoms with E-state index >= 15 is 0 Å². The highest BCUT2D eigenvalue weighted by Crippen LogP contribution is 2.31. The lowest BCUT2D eigenvalue weighted by Crippen LogP contribution is -2.51. The highest BCUT2D eigenvalue weighted by molar-refractivity contribution is 9.10. The first kappa shape index (κ1) is 20.1. The third-order valence-electron chi connectivity index (χ3n) is 4.71. The van der Waals surface area contributed by atoms with Gasteiger partial charge in [0, 0.05) is 10.9 Å². The number of amides is 2. The number of imidazole rings is 1. The van der Waals surface area contributed by atoms with Crippen molar-refractivity contribution in [3.63, 3.8) is 0 Å². The second-order valence-corrected chi connectivity index (χ2v) is 8.00. The molecule has 2 atom stereocenters. The molecule has 1 fully saturated rings. The fourth-order valence-corrected chi connectivity index (χ4v) is 3.54. The number of aromatic nitrogens is 2. The predicted octanol–water partition coefficient (Wildman–Crippen LogP) is 2.97. The van der Waals surface area contributed by atoms with Crippen LogP contribution in [-0.4, -0.2) is 50.3 Å². The van der Waals surface area contributed by atoms with Gasteiger partial charge in [-0.15, -0.1) is 0 Å². The number of nitrogens with zero attached hydrogens (tertiary/aromatic N) is 2. The van der Waals surface area contributed by atoms with Gasteiger partial charge >= 0.3 is 6.09 Å². The molecule has 2 amide bonds. The number of hydrogen-bond donors (Lipinski definition) is 3. The number of benzene rings is 1. The van der Waals surface area contributed by atoms with Crippen LogP contribution in [0.2, 0.25) is 0 Å².